The van der Waals surface area contributed by atoms with E-state index in [-0.39, 0.29) is 6.71 Å². The second kappa shape index (κ2) is 10.1. The predicted molar refractivity (Wildman–Crippen MR) is 206 cm³/mol. The lowest BCUT2D eigenvalue weighted by Gasteiger charge is -2.29. The van der Waals surface area contributed by atoms with Crippen LogP contribution in [0.4, 0.5) is 0 Å². The topological polar surface area (TPSA) is 9.86 Å². The molecule has 0 spiro atoms. The van der Waals surface area contributed by atoms with Gasteiger partial charge in [-0.25, -0.2) is 0 Å². The maximum absolute atomic E-state index is 2.54. The van der Waals surface area contributed by atoms with Gasteiger partial charge in [-0.15, -0.1) is 0 Å². The first-order chi connectivity index (χ1) is 23.6. The molecule has 0 amide bonds. The Hall–Kier alpha value is -5.80. The molecule has 1 aliphatic rings. The first-order valence-corrected chi connectivity index (χ1v) is 16.9. The monoisotopic (exact) mass is 612 g/mol. The van der Waals surface area contributed by atoms with E-state index in [0.29, 0.717) is 0 Å². The van der Waals surface area contributed by atoms with Gasteiger partial charge >= 0.3 is 0 Å². The minimum absolute atomic E-state index is 0.137. The van der Waals surface area contributed by atoms with Crippen molar-refractivity contribution in [3.8, 4) is 22.5 Å². The first-order valence-electron chi connectivity index (χ1n) is 16.9. The lowest BCUT2D eigenvalue weighted by Crippen LogP contribution is -2.57. The van der Waals surface area contributed by atoms with E-state index >= 15 is 0 Å². The van der Waals surface area contributed by atoms with Crippen LogP contribution in [0.1, 0.15) is 16.7 Å². The number of hydrogen-bond donors (Lipinski definition) is 0. The Kier molecular flexibility index (Phi) is 5.75. The van der Waals surface area contributed by atoms with Crippen LogP contribution in [0.2, 0.25) is 0 Å². The van der Waals surface area contributed by atoms with Crippen LogP contribution in [0.25, 0.3) is 66.1 Å². The number of rotatable bonds is 3. The standard InChI is InChI=1S/C45H33BN2/c1-28-25-29(2)44(30(3)26-28)46-36-17-9-12-20-40(36)48-39-19-11-8-16-35(39)43-41(24-23-37(46)45(43)48)47-38-18-10-7-15-33(38)34-22-21-32(27-42(34)47)31-13-5-4-6-14-31/h4-27H,1-3H3. The summed E-state index contributed by atoms with van der Waals surface area (Å²) < 4.78 is 5.06. The van der Waals surface area contributed by atoms with Gasteiger partial charge in [0.15, 0.2) is 0 Å². The van der Waals surface area contributed by atoms with Gasteiger partial charge in [0.25, 0.3) is 0 Å². The van der Waals surface area contributed by atoms with Crippen LogP contribution >= 0.6 is 0 Å². The summed E-state index contributed by atoms with van der Waals surface area (Å²) >= 11 is 0. The number of benzene rings is 7. The summed E-state index contributed by atoms with van der Waals surface area (Å²) in [6.07, 6.45) is 0. The third-order valence-electron chi connectivity index (χ3n) is 10.7. The van der Waals surface area contributed by atoms with Gasteiger partial charge in [0.05, 0.1) is 27.8 Å². The number of aromatic nitrogens is 2. The number of hydrogen-bond acceptors (Lipinski definition) is 0. The van der Waals surface area contributed by atoms with E-state index in [4.69, 9.17) is 0 Å². The fourth-order valence-corrected chi connectivity index (χ4v) is 8.87. The molecule has 226 valence electrons. The highest BCUT2D eigenvalue weighted by molar-refractivity contribution is 6.98. The zero-order chi connectivity index (χ0) is 32.1. The molecule has 0 unspecified atom stereocenters. The average molecular weight is 613 g/mol. The molecule has 0 bridgehead atoms. The van der Waals surface area contributed by atoms with Gasteiger partial charge in [0.1, 0.15) is 0 Å². The van der Waals surface area contributed by atoms with Crippen LogP contribution in [0, 0.1) is 20.8 Å². The maximum atomic E-state index is 2.54. The molecule has 7 aromatic carbocycles. The minimum Gasteiger partial charge on any atom is -0.310 e. The summed E-state index contributed by atoms with van der Waals surface area (Å²) in [7, 11) is 0. The largest absolute Gasteiger partial charge is 0.310 e. The van der Waals surface area contributed by atoms with Crippen LogP contribution < -0.4 is 16.4 Å². The summed E-state index contributed by atoms with van der Waals surface area (Å²) in [4.78, 5) is 0. The Morgan fingerprint density at radius 3 is 1.88 bits per heavy atom. The van der Waals surface area contributed by atoms with Gasteiger partial charge < -0.3 is 9.13 Å². The van der Waals surface area contributed by atoms with Crippen LogP contribution in [0.3, 0.4) is 0 Å². The molecule has 0 aliphatic carbocycles. The van der Waals surface area contributed by atoms with Gasteiger partial charge in [-0.2, -0.15) is 0 Å². The summed E-state index contributed by atoms with van der Waals surface area (Å²) in [5, 5.41) is 5.13. The zero-order valence-electron chi connectivity index (χ0n) is 27.3. The highest BCUT2D eigenvalue weighted by Crippen LogP contribution is 2.41. The van der Waals surface area contributed by atoms with Crippen molar-refractivity contribution in [3.63, 3.8) is 0 Å². The number of fused-ring (bicyclic) bond motifs is 8. The summed E-state index contributed by atoms with van der Waals surface area (Å²) in [6, 6.07) is 54.1. The van der Waals surface area contributed by atoms with Crippen molar-refractivity contribution >= 4 is 66.7 Å². The molecule has 0 atom stereocenters. The van der Waals surface area contributed by atoms with Crippen molar-refractivity contribution in [2.45, 2.75) is 20.8 Å². The Labute approximate surface area is 280 Å². The van der Waals surface area contributed by atoms with Crippen molar-refractivity contribution in [3.05, 3.63) is 162 Å². The van der Waals surface area contributed by atoms with Crippen molar-refractivity contribution in [2.24, 2.45) is 0 Å². The van der Waals surface area contributed by atoms with E-state index in [1.54, 1.807) is 0 Å². The predicted octanol–water partition coefficient (Wildman–Crippen LogP) is 9.30. The van der Waals surface area contributed by atoms with Crippen molar-refractivity contribution < 1.29 is 0 Å². The van der Waals surface area contributed by atoms with E-state index < -0.39 is 0 Å². The molecule has 0 radical (unpaired) electrons. The molecular weight excluding hydrogens is 579 g/mol. The first kappa shape index (κ1) is 27.3. The normalized spacial score (nSPS) is 12.4. The van der Waals surface area contributed by atoms with Gasteiger partial charge in [-0.3, -0.25) is 0 Å². The molecule has 0 saturated heterocycles. The number of para-hydroxylation sites is 3. The summed E-state index contributed by atoms with van der Waals surface area (Å²) in [5.41, 5.74) is 18.1. The summed E-state index contributed by atoms with van der Waals surface area (Å²) in [6.45, 7) is 6.92. The molecule has 3 heteroatoms. The molecule has 9 aromatic rings. The molecule has 0 fully saturated rings. The van der Waals surface area contributed by atoms with Crippen LogP contribution in [-0.2, 0) is 0 Å². The quantitative estimate of drug-likeness (QED) is 0.176. The molecule has 2 nitrogen and oxygen atoms in total. The second-order valence-corrected chi connectivity index (χ2v) is 13.5. The van der Waals surface area contributed by atoms with Crippen molar-refractivity contribution in [1.82, 2.24) is 9.13 Å². The fourth-order valence-electron chi connectivity index (χ4n) is 8.87. The third-order valence-corrected chi connectivity index (χ3v) is 10.7. The Balaban J connectivity index is 1.37. The van der Waals surface area contributed by atoms with Gasteiger partial charge in [0.2, 0.25) is 6.71 Å². The van der Waals surface area contributed by atoms with Crippen LogP contribution in [0.15, 0.2) is 146 Å². The van der Waals surface area contributed by atoms with E-state index in [9.17, 15) is 0 Å². The average Bonchev–Trinajstić information content (AvgIpc) is 3.64. The lowest BCUT2D eigenvalue weighted by molar-refractivity contribution is 1.18. The van der Waals surface area contributed by atoms with E-state index in [1.165, 1.54) is 99.2 Å². The molecule has 3 heterocycles. The number of aryl methyl sites for hydroxylation is 3. The van der Waals surface area contributed by atoms with E-state index in [2.05, 4.69) is 175 Å². The van der Waals surface area contributed by atoms with Gasteiger partial charge in [-0.05, 0) is 73.2 Å². The smallest absolute Gasteiger partial charge is 0.247 e. The Bertz CT molecular complexity index is 2740. The molecular formula is C45H33BN2. The molecule has 2 aromatic heterocycles. The molecule has 1 aliphatic heterocycles. The van der Waals surface area contributed by atoms with Crippen molar-refractivity contribution in [2.75, 3.05) is 0 Å². The van der Waals surface area contributed by atoms with Crippen molar-refractivity contribution in [1.29, 1.82) is 0 Å². The van der Waals surface area contributed by atoms with E-state index in [1.807, 2.05) is 0 Å². The zero-order valence-corrected chi connectivity index (χ0v) is 27.3. The SMILES string of the molecule is Cc1cc(C)c(B2c3ccccc3-n3c4ccccc4c4c(-n5c6ccccc6c6ccc(-c7ccccc7)cc65)ccc2c43)c(C)c1. The summed E-state index contributed by atoms with van der Waals surface area (Å²) in [5.74, 6) is 0. The fraction of sp³-hybridized carbons (Fsp3) is 0.0667. The second-order valence-electron chi connectivity index (χ2n) is 13.5. The van der Waals surface area contributed by atoms with Crippen LogP contribution in [0.5, 0.6) is 0 Å². The lowest BCUT2D eigenvalue weighted by atomic mass is 9.34. The molecule has 0 saturated carbocycles. The maximum Gasteiger partial charge on any atom is 0.247 e. The molecule has 10 rings (SSSR count). The van der Waals surface area contributed by atoms with E-state index in [0.717, 1.165) is 0 Å². The molecule has 48 heavy (non-hydrogen) atoms. The minimum atomic E-state index is 0.137. The van der Waals surface area contributed by atoms with Crippen LogP contribution in [-0.4, -0.2) is 15.8 Å². The Morgan fingerprint density at radius 2 is 1.08 bits per heavy atom. The third kappa shape index (κ3) is 3.70. The Morgan fingerprint density at radius 1 is 0.438 bits per heavy atom. The highest BCUT2D eigenvalue weighted by Gasteiger charge is 2.36. The molecule has 0 N–H and O–H groups in total. The van der Waals surface area contributed by atoms with Gasteiger partial charge in [0, 0.05) is 27.2 Å². The van der Waals surface area contributed by atoms with Gasteiger partial charge in [-0.1, -0.05) is 137 Å². The number of nitrogens with zero attached hydrogens (tertiary/aromatic N) is 2. The highest BCUT2D eigenvalue weighted by atomic mass is 15.0.